The van der Waals surface area contributed by atoms with Gasteiger partial charge in [-0.2, -0.15) is 0 Å². The lowest BCUT2D eigenvalue weighted by molar-refractivity contribution is 0.0220. The second kappa shape index (κ2) is 10.9. The maximum Gasteiger partial charge on any atom is 0.191 e. The van der Waals surface area contributed by atoms with Gasteiger partial charge in [0, 0.05) is 38.8 Å². The molecule has 0 aromatic heterocycles. The minimum atomic E-state index is 0.466. The lowest BCUT2D eigenvalue weighted by atomic mass is 9.99. The Morgan fingerprint density at radius 2 is 1.88 bits per heavy atom. The van der Waals surface area contributed by atoms with E-state index in [4.69, 9.17) is 9.73 Å². The first-order valence-electron chi connectivity index (χ1n) is 9.75. The minimum Gasteiger partial charge on any atom is -0.379 e. The van der Waals surface area contributed by atoms with Crippen LogP contribution in [0.5, 0.6) is 0 Å². The molecule has 1 atom stereocenters. The summed E-state index contributed by atoms with van der Waals surface area (Å²) in [5.41, 5.74) is 0. The molecular weight excluding hydrogens is 302 g/mol. The molecule has 0 spiro atoms. The van der Waals surface area contributed by atoms with Crippen molar-refractivity contribution in [2.24, 2.45) is 10.9 Å². The number of hydrogen-bond donors (Lipinski definition) is 2. The van der Waals surface area contributed by atoms with Crippen molar-refractivity contribution in [2.45, 2.75) is 39.7 Å². The van der Waals surface area contributed by atoms with Gasteiger partial charge in [0.1, 0.15) is 0 Å². The fraction of sp³-hybridized carbons (Fsp3) is 0.944. The van der Waals surface area contributed by atoms with E-state index in [9.17, 15) is 0 Å². The molecule has 0 aliphatic carbocycles. The summed E-state index contributed by atoms with van der Waals surface area (Å²) in [5, 5.41) is 6.85. The smallest absolute Gasteiger partial charge is 0.191 e. The highest BCUT2D eigenvalue weighted by atomic mass is 16.5. The first-order valence-corrected chi connectivity index (χ1v) is 9.75. The van der Waals surface area contributed by atoms with Crippen molar-refractivity contribution < 1.29 is 4.74 Å². The van der Waals surface area contributed by atoms with E-state index in [2.05, 4.69) is 41.2 Å². The zero-order valence-electron chi connectivity index (χ0n) is 15.9. The summed E-state index contributed by atoms with van der Waals surface area (Å²) in [4.78, 5) is 9.80. The molecule has 0 radical (unpaired) electrons. The molecule has 2 aliphatic heterocycles. The molecule has 0 saturated carbocycles. The number of nitrogens with zero attached hydrogens (tertiary/aromatic N) is 3. The lowest BCUT2D eigenvalue weighted by Crippen LogP contribution is -2.45. The van der Waals surface area contributed by atoms with Gasteiger partial charge in [-0.1, -0.05) is 6.92 Å². The van der Waals surface area contributed by atoms with Crippen LogP contribution in [0.3, 0.4) is 0 Å². The van der Waals surface area contributed by atoms with Gasteiger partial charge >= 0.3 is 0 Å². The summed E-state index contributed by atoms with van der Waals surface area (Å²) in [6.45, 7) is 16.8. The molecule has 0 aromatic carbocycles. The van der Waals surface area contributed by atoms with Crippen molar-refractivity contribution in [2.75, 3.05) is 65.6 Å². The SMILES string of the molecule is CCNC(=NCC(C)N1CCOCC1)NCCN1CCC(C)CC1. The summed E-state index contributed by atoms with van der Waals surface area (Å²) in [6.07, 6.45) is 2.68. The predicted octanol–water partition coefficient (Wildman–Crippen LogP) is 0.994. The summed E-state index contributed by atoms with van der Waals surface area (Å²) in [5.74, 6) is 1.85. The minimum absolute atomic E-state index is 0.466. The quantitative estimate of drug-likeness (QED) is 0.535. The van der Waals surface area contributed by atoms with E-state index < -0.39 is 0 Å². The van der Waals surface area contributed by atoms with Crippen molar-refractivity contribution in [1.82, 2.24) is 20.4 Å². The van der Waals surface area contributed by atoms with Crippen LogP contribution in [0.1, 0.15) is 33.6 Å². The maximum absolute atomic E-state index is 5.42. The Labute approximate surface area is 148 Å². The van der Waals surface area contributed by atoms with Gasteiger partial charge < -0.3 is 20.3 Å². The number of rotatable bonds is 7. The van der Waals surface area contributed by atoms with Crippen LogP contribution in [-0.4, -0.2) is 87.4 Å². The van der Waals surface area contributed by atoms with Crippen LogP contribution in [0.15, 0.2) is 4.99 Å². The predicted molar refractivity (Wildman–Crippen MR) is 101 cm³/mol. The number of guanidine groups is 1. The topological polar surface area (TPSA) is 52.1 Å². The zero-order chi connectivity index (χ0) is 17.2. The number of aliphatic imine (C=N–C) groups is 1. The van der Waals surface area contributed by atoms with Crippen LogP contribution >= 0.6 is 0 Å². The van der Waals surface area contributed by atoms with Gasteiger partial charge in [0.25, 0.3) is 0 Å². The van der Waals surface area contributed by atoms with Crippen LogP contribution in [-0.2, 0) is 4.74 Å². The standard InChI is InChI=1S/C18H37N5O/c1-4-19-18(20-7-10-22-8-5-16(2)6-9-22)21-15-17(3)23-11-13-24-14-12-23/h16-17H,4-15H2,1-3H3,(H2,19,20,21). The second-order valence-electron chi connectivity index (χ2n) is 7.17. The van der Waals surface area contributed by atoms with Crippen LogP contribution < -0.4 is 10.6 Å². The Balaban J connectivity index is 1.69. The van der Waals surface area contributed by atoms with Crippen LogP contribution in [0.2, 0.25) is 0 Å². The third kappa shape index (κ3) is 6.95. The van der Waals surface area contributed by atoms with Gasteiger partial charge in [0.2, 0.25) is 0 Å². The maximum atomic E-state index is 5.42. The average Bonchev–Trinajstić information content (AvgIpc) is 2.62. The molecule has 0 bridgehead atoms. The molecule has 6 heteroatoms. The van der Waals surface area contributed by atoms with E-state index in [1.165, 1.54) is 25.9 Å². The summed E-state index contributed by atoms with van der Waals surface area (Å²) in [7, 11) is 0. The number of morpholine rings is 1. The Bertz CT molecular complexity index is 362. The molecule has 2 N–H and O–H groups in total. The van der Waals surface area contributed by atoms with E-state index in [1.54, 1.807) is 0 Å². The number of nitrogens with one attached hydrogen (secondary N) is 2. The van der Waals surface area contributed by atoms with E-state index in [-0.39, 0.29) is 0 Å². The van der Waals surface area contributed by atoms with E-state index in [1.807, 2.05) is 0 Å². The molecular formula is C18H37N5O. The molecule has 24 heavy (non-hydrogen) atoms. The van der Waals surface area contributed by atoms with Crippen LogP contribution in [0, 0.1) is 5.92 Å². The molecule has 2 aliphatic rings. The molecule has 1 unspecified atom stereocenters. The molecule has 2 rings (SSSR count). The van der Waals surface area contributed by atoms with Gasteiger partial charge in [0.15, 0.2) is 5.96 Å². The fourth-order valence-electron chi connectivity index (χ4n) is 3.32. The van der Waals surface area contributed by atoms with Gasteiger partial charge in [-0.15, -0.1) is 0 Å². The summed E-state index contributed by atoms with van der Waals surface area (Å²) in [6, 6.07) is 0.466. The fourth-order valence-corrected chi connectivity index (χ4v) is 3.32. The first-order chi connectivity index (χ1) is 11.7. The molecule has 2 saturated heterocycles. The Morgan fingerprint density at radius 3 is 2.54 bits per heavy atom. The average molecular weight is 340 g/mol. The van der Waals surface area contributed by atoms with Crippen LogP contribution in [0.4, 0.5) is 0 Å². The van der Waals surface area contributed by atoms with Gasteiger partial charge in [-0.05, 0) is 45.7 Å². The van der Waals surface area contributed by atoms with Crippen molar-refractivity contribution >= 4 is 5.96 Å². The highest BCUT2D eigenvalue weighted by Crippen LogP contribution is 2.15. The zero-order valence-corrected chi connectivity index (χ0v) is 15.9. The lowest BCUT2D eigenvalue weighted by Gasteiger charge is -2.31. The normalized spacial score (nSPS) is 23.2. The second-order valence-corrected chi connectivity index (χ2v) is 7.17. The van der Waals surface area contributed by atoms with Crippen molar-refractivity contribution in [3.63, 3.8) is 0 Å². The van der Waals surface area contributed by atoms with Crippen molar-refractivity contribution in [3.05, 3.63) is 0 Å². The van der Waals surface area contributed by atoms with Crippen LogP contribution in [0.25, 0.3) is 0 Å². The Hall–Kier alpha value is -0.850. The highest BCUT2D eigenvalue weighted by Gasteiger charge is 2.17. The molecule has 2 fully saturated rings. The highest BCUT2D eigenvalue weighted by molar-refractivity contribution is 5.79. The Morgan fingerprint density at radius 1 is 1.17 bits per heavy atom. The number of piperidine rings is 1. The first kappa shape index (κ1) is 19.5. The van der Waals surface area contributed by atoms with Crippen molar-refractivity contribution in [1.29, 1.82) is 0 Å². The third-order valence-electron chi connectivity index (χ3n) is 5.12. The third-order valence-corrected chi connectivity index (χ3v) is 5.12. The number of ether oxygens (including phenoxy) is 1. The largest absolute Gasteiger partial charge is 0.379 e. The molecule has 140 valence electrons. The van der Waals surface area contributed by atoms with E-state index >= 15 is 0 Å². The number of hydrogen-bond acceptors (Lipinski definition) is 4. The summed E-state index contributed by atoms with van der Waals surface area (Å²) >= 11 is 0. The van der Waals surface area contributed by atoms with E-state index in [0.29, 0.717) is 6.04 Å². The van der Waals surface area contributed by atoms with Crippen molar-refractivity contribution in [3.8, 4) is 0 Å². The molecule has 6 nitrogen and oxygen atoms in total. The molecule has 0 amide bonds. The van der Waals surface area contributed by atoms with Gasteiger partial charge in [-0.3, -0.25) is 9.89 Å². The Kier molecular flexibility index (Phi) is 8.84. The van der Waals surface area contributed by atoms with Gasteiger partial charge in [-0.25, -0.2) is 0 Å². The van der Waals surface area contributed by atoms with E-state index in [0.717, 1.165) is 64.4 Å². The molecule has 2 heterocycles. The summed E-state index contributed by atoms with van der Waals surface area (Å²) < 4.78 is 5.42. The monoisotopic (exact) mass is 339 g/mol. The number of likely N-dealkylation sites (tertiary alicyclic amines) is 1. The van der Waals surface area contributed by atoms with Gasteiger partial charge in [0.05, 0.1) is 19.8 Å². The molecule has 0 aromatic rings.